The van der Waals surface area contributed by atoms with Gasteiger partial charge in [0.15, 0.2) is 0 Å². The Labute approximate surface area is 163 Å². The second-order valence-electron chi connectivity index (χ2n) is 6.10. The van der Waals surface area contributed by atoms with Crippen molar-refractivity contribution in [2.45, 2.75) is 20.3 Å². The van der Waals surface area contributed by atoms with E-state index in [4.69, 9.17) is 9.47 Å². The second kappa shape index (κ2) is 8.52. The molecule has 0 saturated carbocycles. The summed E-state index contributed by atoms with van der Waals surface area (Å²) in [7, 11) is 1.32. The fraction of sp³-hybridized carbons (Fsp3) is 0.227. The number of hydrogen-bond donors (Lipinski definition) is 1. The second-order valence-corrected chi connectivity index (χ2v) is 6.10. The number of carbonyl (C=O) groups excluding carboxylic acids is 2. The molecule has 1 N–H and O–H groups in total. The van der Waals surface area contributed by atoms with Gasteiger partial charge in [0.1, 0.15) is 5.56 Å². The summed E-state index contributed by atoms with van der Waals surface area (Å²) in [6.07, 6.45) is 2.26. The highest BCUT2D eigenvalue weighted by atomic mass is 16.5. The lowest BCUT2D eigenvalue weighted by atomic mass is 10.0. The van der Waals surface area contributed by atoms with Crippen LogP contribution in [-0.2, 0) is 15.9 Å². The van der Waals surface area contributed by atoms with Crippen LogP contribution in [0.15, 0.2) is 48.7 Å². The van der Waals surface area contributed by atoms with Crippen molar-refractivity contribution < 1.29 is 19.1 Å². The molecule has 3 rings (SSSR count). The van der Waals surface area contributed by atoms with E-state index in [2.05, 4.69) is 17.2 Å². The number of ether oxygens (including phenoxy) is 2. The molecule has 2 aromatic carbocycles. The number of methoxy groups -OCH3 is 1. The van der Waals surface area contributed by atoms with Crippen molar-refractivity contribution >= 4 is 34.2 Å². The summed E-state index contributed by atoms with van der Waals surface area (Å²) in [6.45, 7) is 4.07. The van der Waals surface area contributed by atoms with Crippen molar-refractivity contribution in [1.29, 1.82) is 0 Å². The van der Waals surface area contributed by atoms with Crippen LogP contribution in [0.25, 0.3) is 10.9 Å². The molecule has 6 heteroatoms. The Kier molecular flexibility index (Phi) is 5.89. The number of aryl methyl sites for hydroxylation is 1. The maximum Gasteiger partial charge on any atom is 0.341 e. The van der Waals surface area contributed by atoms with E-state index in [1.165, 1.54) is 13.3 Å². The number of nitrogens with one attached hydrogen (secondary N) is 1. The van der Waals surface area contributed by atoms with Crippen LogP contribution in [0.3, 0.4) is 0 Å². The molecule has 0 unspecified atom stereocenters. The number of benzene rings is 2. The first kappa shape index (κ1) is 19.4. The van der Waals surface area contributed by atoms with Crippen molar-refractivity contribution in [3.8, 4) is 0 Å². The Morgan fingerprint density at radius 3 is 2.50 bits per heavy atom. The fourth-order valence-corrected chi connectivity index (χ4v) is 3.08. The van der Waals surface area contributed by atoms with E-state index in [1.807, 2.05) is 30.3 Å². The van der Waals surface area contributed by atoms with E-state index >= 15 is 0 Å². The van der Waals surface area contributed by atoms with Gasteiger partial charge in [0, 0.05) is 17.3 Å². The van der Waals surface area contributed by atoms with E-state index in [-0.39, 0.29) is 6.61 Å². The Bertz CT molecular complexity index is 1030. The lowest BCUT2D eigenvalue weighted by Gasteiger charge is -2.17. The van der Waals surface area contributed by atoms with E-state index in [9.17, 15) is 9.59 Å². The number of carbonyl (C=O) groups is 2. The molecule has 0 aliphatic carbocycles. The van der Waals surface area contributed by atoms with Gasteiger partial charge in [-0.15, -0.1) is 0 Å². The average Bonchev–Trinajstić information content (AvgIpc) is 2.73. The monoisotopic (exact) mass is 378 g/mol. The largest absolute Gasteiger partial charge is 0.465 e. The van der Waals surface area contributed by atoms with Gasteiger partial charge in [-0.05, 0) is 31.0 Å². The molecule has 0 amide bonds. The Morgan fingerprint density at radius 2 is 1.79 bits per heavy atom. The maximum absolute atomic E-state index is 12.5. The smallest absolute Gasteiger partial charge is 0.341 e. The third-order valence-corrected chi connectivity index (χ3v) is 4.46. The Hall–Kier alpha value is -3.41. The summed E-state index contributed by atoms with van der Waals surface area (Å²) in [6, 6.07) is 13.1. The summed E-state index contributed by atoms with van der Waals surface area (Å²) in [5.74, 6) is -0.959. The standard InChI is InChI=1S/C22H22N2O4/c1-4-14-9-6-7-12-18(14)24-20-15-10-8-11-16(21(25)27-3)19(15)23-13-17(20)22(26)28-5-2/h6-13H,4-5H2,1-3H3,(H,23,24). The first-order valence-corrected chi connectivity index (χ1v) is 9.12. The molecule has 0 spiro atoms. The van der Waals surface area contributed by atoms with Crippen LogP contribution in [0.1, 0.15) is 40.1 Å². The number of para-hydroxylation sites is 2. The number of nitrogens with zero attached hydrogens (tertiary/aromatic N) is 1. The number of pyridine rings is 1. The molecule has 144 valence electrons. The van der Waals surface area contributed by atoms with Crippen molar-refractivity contribution in [2.24, 2.45) is 0 Å². The Balaban J connectivity index is 2.24. The van der Waals surface area contributed by atoms with Gasteiger partial charge in [0.25, 0.3) is 0 Å². The zero-order chi connectivity index (χ0) is 20.1. The predicted molar refractivity (Wildman–Crippen MR) is 108 cm³/mol. The van der Waals surface area contributed by atoms with Gasteiger partial charge < -0.3 is 14.8 Å². The highest BCUT2D eigenvalue weighted by molar-refractivity contribution is 6.11. The van der Waals surface area contributed by atoms with Crippen LogP contribution in [-0.4, -0.2) is 30.6 Å². The molecule has 0 atom stereocenters. The van der Waals surface area contributed by atoms with E-state index < -0.39 is 11.9 Å². The molecule has 0 aliphatic heterocycles. The van der Waals surface area contributed by atoms with E-state index in [1.54, 1.807) is 19.1 Å². The minimum atomic E-state index is -0.484. The van der Waals surface area contributed by atoms with Gasteiger partial charge in [0.05, 0.1) is 30.5 Å². The van der Waals surface area contributed by atoms with Gasteiger partial charge in [-0.2, -0.15) is 0 Å². The summed E-state index contributed by atoms with van der Waals surface area (Å²) < 4.78 is 10.1. The molecule has 3 aromatic rings. The molecule has 6 nitrogen and oxygen atoms in total. The number of fused-ring (bicyclic) bond motifs is 1. The van der Waals surface area contributed by atoms with Crippen molar-refractivity contribution in [1.82, 2.24) is 4.98 Å². The lowest BCUT2D eigenvalue weighted by Crippen LogP contribution is -2.11. The minimum absolute atomic E-state index is 0.254. The summed E-state index contributed by atoms with van der Waals surface area (Å²) in [5.41, 5.74) is 3.64. The third kappa shape index (κ3) is 3.67. The first-order chi connectivity index (χ1) is 13.6. The molecule has 0 radical (unpaired) electrons. The summed E-state index contributed by atoms with van der Waals surface area (Å²) in [5, 5.41) is 4.00. The third-order valence-electron chi connectivity index (χ3n) is 4.46. The van der Waals surface area contributed by atoms with Crippen LogP contribution in [0.5, 0.6) is 0 Å². The molecule has 1 aromatic heterocycles. The molecule has 0 bridgehead atoms. The zero-order valence-electron chi connectivity index (χ0n) is 16.1. The molecular weight excluding hydrogens is 356 g/mol. The number of hydrogen-bond acceptors (Lipinski definition) is 6. The number of aromatic nitrogens is 1. The van der Waals surface area contributed by atoms with Crippen LogP contribution < -0.4 is 5.32 Å². The maximum atomic E-state index is 12.5. The molecule has 1 heterocycles. The normalized spacial score (nSPS) is 10.5. The minimum Gasteiger partial charge on any atom is -0.465 e. The average molecular weight is 378 g/mol. The number of anilines is 2. The van der Waals surface area contributed by atoms with Crippen molar-refractivity contribution in [3.05, 3.63) is 65.4 Å². The van der Waals surface area contributed by atoms with Gasteiger partial charge >= 0.3 is 11.9 Å². The molecule has 0 aliphatic rings. The quantitative estimate of drug-likeness (QED) is 0.636. The van der Waals surface area contributed by atoms with Crippen LogP contribution >= 0.6 is 0 Å². The SMILES string of the molecule is CCOC(=O)c1cnc2c(C(=O)OC)cccc2c1Nc1ccccc1CC. The van der Waals surface area contributed by atoms with Crippen LogP contribution in [0.4, 0.5) is 11.4 Å². The summed E-state index contributed by atoms with van der Waals surface area (Å²) in [4.78, 5) is 29.0. The van der Waals surface area contributed by atoms with Gasteiger partial charge in [0.2, 0.25) is 0 Å². The van der Waals surface area contributed by atoms with E-state index in [0.29, 0.717) is 27.7 Å². The van der Waals surface area contributed by atoms with Crippen molar-refractivity contribution in [3.63, 3.8) is 0 Å². The Morgan fingerprint density at radius 1 is 1.00 bits per heavy atom. The predicted octanol–water partition coefficient (Wildman–Crippen LogP) is 4.50. The first-order valence-electron chi connectivity index (χ1n) is 9.12. The van der Waals surface area contributed by atoms with Crippen molar-refractivity contribution in [2.75, 3.05) is 19.0 Å². The van der Waals surface area contributed by atoms with Crippen LogP contribution in [0.2, 0.25) is 0 Å². The molecular formula is C22H22N2O4. The van der Waals surface area contributed by atoms with E-state index in [0.717, 1.165) is 17.7 Å². The zero-order valence-corrected chi connectivity index (χ0v) is 16.1. The van der Waals surface area contributed by atoms with Crippen LogP contribution in [0, 0.1) is 0 Å². The molecule has 28 heavy (non-hydrogen) atoms. The highest BCUT2D eigenvalue weighted by Gasteiger charge is 2.20. The highest BCUT2D eigenvalue weighted by Crippen LogP contribution is 2.32. The lowest BCUT2D eigenvalue weighted by molar-refractivity contribution is 0.0526. The molecule has 0 fully saturated rings. The summed E-state index contributed by atoms with van der Waals surface area (Å²) >= 11 is 0. The van der Waals surface area contributed by atoms with Gasteiger partial charge in [-0.25, -0.2) is 9.59 Å². The molecule has 0 saturated heterocycles. The fourth-order valence-electron chi connectivity index (χ4n) is 3.08. The number of esters is 2. The number of rotatable bonds is 6. The van der Waals surface area contributed by atoms with Gasteiger partial charge in [-0.1, -0.05) is 37.3 Å². The van der Waals surface area contributed by atoms with Gasteiger partial charge in [-0.3, -0.25) is 4.98 Å². The topological polar surface area (TPSA) is 77.5 Å².